The van der Waals surface area contributed by atoms with Gasteiger partial charge in [-0.2, -0.15) is 0 Å². The Morgan fingerprint density at radius 2 is 2.00 bits per heavy atom. The minimum absolute atomic E-state index is 0.0380. The molecule has 0 aliphatic rings. The first-order valence-electron chi connectivity index (χ1n) is 6.15. The van der Waals surface area contributed by atoms with Gasteiger partial charge in [-0.05, 0) is 59.6 Å². The number of ketones is 1. The lowest BCUT2D eigenvalue weighted by Crippen LogP contribution is -2.02. The first-order valence-corrected chi connectivity index (χ1v) is 6.95. The summed E-state index contributed by atoms with van der Waals surface area (Å²) in [4.78, 5) is 11.6. The second-order valence-corrected chi connectivity index (χ2v) is 5.45. The predicted octanol–water partition coefficient (Wildman–Crippen LogP) is 4.68. The Morgan fingerprint density at radius 1 is 1.25 bits per heavy atom. The van der Waals surface area contributed by atoms with Crippen LogP contribution in [0, 0.1) is 12.7 Å². The molecule has 2 aromatic carbocycles. The number of carbonyl (C=O) groups excluding carboxylic acids is 1. The second-order valence-electron chi connectivity index (χ2n) is 4.59. The molecule has 0 saturated carbocycles. The van der Waals surface area contributed by atoms with Crippen molar-refractivity contribution in [1.29, 1.82) is 0 Å². The molecule has 0 unspecified atom stereocenters. The van der Waals surface area contributed by atoms with Crippen LogP contribution in [0.25, 0.3) is 0 Å². The molecular formula is C16H14BrFO2. The summed E-state index contributed by atoms with van der Waals surface area (Å²) in [5.41, 5.74) is 2.40. The molecule has 0 aromatic heterocycles. The number of carbonyl (C=O) groups is 1. The summed E-state index contributed by atoms with van der Waals surface area (Å²) in [5.74, 6) is 0.195. The number of Topliss-reactive ketones (excluding diaryl/α,β-unsaturated/α-hetero) is 1. The van der Waals surface area contributed by atoms with Gasteiger partial charge in [-0.3, -0.25) is 4.79 Å². The summed E-state index contributed by atoms with van der Waals surface area (Å²) in [6, 6.07) is 10.2. The average Bonchev–Trinajstić information content (AvgIpc) is 2.41. The third-order valence-corrected chi connectivity index (χ3v) is 3.50. The van der Waals surface area contributed by atoms with Crippen LogP contribution >= 0.6 is 15.9 Å². The molecular weight excluding hydrogens is 323 g/mol. The molecule has 0 atom stereocenters. The fraction of sp³-hybridized carbons (Fsp3) is 0.188. The lowest BCUT2D eigenvalue weighted by molar-refractivity contribution is 0.101. The summed E-state index contributed by atoms with van der Waals surface area (Å²) in [6.45, 7) is 3.71. The predicted molar refractivity (Wildman–Crippen MR) is 79.6 cm³/mol. The van der Waals surface area contributed by atoms with Crippen LogP contribution in [0.15, 0.2) is 40.9 Å². The molecule has 0 heterocycles. The number of ether oxygens (including phenoxy) is 1. The maximum absolute atomic E-state index is 13.1. The zero-order valence-corrected chi connectivity index (χ0v) is 12.8. The molecule has 2 aromatic rings. The Kier molecular flexibility index (Phi) is 4.55. The van der Waals surface area contributed by atoms with Crippen LogP contribution in [-0.4, -0.2) is 5.78 Å². The van der Waals surface area contributed by atoms with E-state index in [0.717, 1.165) is 11.1 Å². The van der Waals surface area contributed by atoms with Crippen molar-refractivity contribution in [3.05, 3.63) is 63.4 Å². The Hall–Kier alpha value is -1.68. The minimum Gasteiger partial charge on any atom is -0.488 e. The van der Waals surface area contributed by atoms with Gasteiger partial charge in [0.15, 0.2) is 5.78 Å². The van der Waals surface area contributed by atoms with Crippen LogP contribution in [0.5, 0.6) is 5.75 Å². The van der Waals surface area contributed by atoms with Crippen molar-refractivity contribution in [2.45, 2.75) is 20.5 Å². The third kappa shape index (κ3) is 3.45. The highest BCUT2D eigenvalue weighted by molar-refractivity contribution is 9.10. The highest BCUT2D eigenvalue weighted by Gasteiger charge is 2.09. The van der Waals surface area contributed by atoms with Gasteiger partial charge in [0, 0.05) is 0 Å². The number of hydrogen-bond acceptors (Lipinski definition) is 2. The lowest BCUT2D eigenvalue weighted by atomic mass is 10.1. The fourth-order valence-corrected chi connectivity index (χ4v) is 2.26. The van der Waals surface area contributed by atoms with Crippen molar-refractivity contribution in [2.75, 3.05) is 0 Å². The van der Waals surface area contributed by atoms with Gasteiger partial charge >= 0.3 is 0 Å². The van der Waals surface area contributed by atoms with Crippen LogP contribution in [0.4, 0.5) is 4.39 Å². The summed E-state index contributed by atoms with van der Waals surface area (Å²) in [7, 11) is 0. The van der Waals surface area contributed by atoms with Crippen LogP contribution in [-0.2, 0) is 6.61 Å². The molecule has 0 amide bonds. The molecule has 0 fully saturated rings. The number of rotatable bonds is 4. The molecule has 20 heavy (non-hydrogen) atoms. The van der Waals surface area contributed by atoms with Gasteiger partial charge < -0.3 is 4.74 Å². The van der Waals surface area contributed by atoms with Crippen molar-refractivity contribution in [3.63, 3.8) is 0 Å². The Labute approximate surface area is 125 Å². The van der Waals surface area contributed by atoms with E-state index in [4.69, 9.17) is 4.74 Å². The first kappa shape index (κ1) is 14.7. The molecule has 2 rings (SSSR count). The molecule has 0 radical (unpaired) electrons. The Bertz CT molecular complexity index is 653. The van der Waals surface area contributed by atoms with Crippen LogP contribution < -0.4 is 4.74 Å². The first-order chi connectivity index (χ1) is 9.47. The Morgan fingerprint density at radius 3 is 2.65 bits per heavy atom. The lowest BCUT2D eigenvalue weighted by Gasteiger charge is -2.11. The summed E-state index contributed by atoms with van der Waals surface area (Å²) in [5, 5.41) is 0. The molecule has 0 aliphatic heterocycles. The molecule has 0 saturated heterocycles. The molecule has 4 heteroatoms. The highest BCUT2D eigenvalue weighted by atomic mass is 79.9. The standard InChI is InChI=1S/C16H14BrFO2/c1-10-3-6-16(13(7-10)11(2)19)20-9-12-4-5-15(18)14(17)8-12/h3-8H,9H2,1-2H3. The zero-order valence-electron chi connectivity index (χ0n) is 11.2. The van der Waals surface area contributed by atoms with E-state index in [0.29, 0.717) is 15.8 Å². The van der Waals surface area contributed by atoms with E-state index in [9.17, 15) is 9.18 Å². The average molecular weight is 337 g/mol. The van der Waals surface area contributed by atoms with Crippen molar-refractivity contribution < 1.29 is 13.9 Å². The molecule has 0 spiro atoms. The van der Waals surface area contributed by atoms with Gasteiger partial charge in [-0.1, -0.05) is 17.7 Å². The Balaban J connectivity index is 2.18. The van der Waals surface area contributed by atoms with Crippen molar-refractivity contribution >= 4 is 21.7 Å². The zero-order chi connectivity index (χ0) is 14.7. The largest absolute Gasteiger partial charge is 0.488 e. The maximum Gasteiger partial charge on any atom is 0.163 e. The van der Waals surface area contributed by atoms with Gasteiger partial charge in [-0.25, -0.2) is 4.39 Å². The van der Waals surface area contributed by atoms with E-state index in [1.807, 2.05) is 13.0 Å². The van der Waals surface area contributed by atoms with Gasteiger partial charge in [0.2, 0.25) is 0 Å². The van der Waals surface area contributed by atoms with E-state index in [-0.39, 0.29) is 18.2 Å². The quantitative estimate of drug-likeness (QED) is 0.758. The molecule has 104 valence electrons. The van der Waals surface area contributed by atoms with Crippen LogP contribution in [0.1, 0.15) is 28.4 Å². The monoisotopic (exact) mass is 336 g/mol. The third-order valence-electron chi connectivity index (χ3n) is 2.89. The highest BCUT2D eigenvalue weighted by Crippen LogP contribution is 2.23. The van der Waals surface area contributed by atoms with Crippen molar-refractivity contribution in [2.24, 2.45) is 0 Å². The maximum atomic E-state index is 13.1. The number of benzene rings is 2. The number of hydrogen-bond donors (Lipinski definition) is 0. The number of aryl methyl sites for hydroxylation is 1. The van der Waals surface area contributed by atoms with E-state index in [1.165, 1.54) is 13.0 Å². The van der Waals surface area contributed by atoms with Gasteiger partial charge in [0.1, 0.15) is 18.2 Å². The smallest absolute Gasteiger partial charge is 0.163 e. The van der Waals surface area contributed by atoms with E-state index < -0.39 is 0 Å². The molecule has 2 nitrogen and oxygen atoms in total. The van der Waals surface area contributed by atoms with Crippen molar-refractivity contribution in [3.8, 4) is 5.75 Å². The fourth-order valence-electron chi connectivity index (χ4n) is 1.84. The second kappa shape index (κ2) is 6.18. The van der Waals surface area contributed by atoms with Crippen LogP contribution in [0.3, 0.4) is 0 Å². The van der Waals surface area contributed by atoms with Gasteiger partial charge in [-0.15, -0.1) is 0 Å². The van der Waals surface area contributed by atoms with E-state index >= 15 is 0 Å². The van der Waals surface area contributed by atoms with Crippen molar-refractivity contribution in [1.82, 2.24) is 0 Å². The summed E-state index contributed by atoms with van der Waals surface area (Å²) >= 11 is 3.13. The molecule has 0 bridgehead atoms. The summed E-state index contributed by atoms with van der Waals surface area (Å²) < 4.78 is 19.2. The normalized spacial score (nSPS) is 10.4. The topological polar surface area (TPSA) is 26.3 Å². The van der Waals surface area contributed by atoms with Gasteiger partial charge in [0.05, 0.1) is 10.0 Å². The van der Waals surface area contributed by atoms with E-state index in [2.05, 4.69) is 15.9 Å². The van der Waals surface area contributed by atoms with E-state index in [1.54, 1.807) is 24.3 Å². The number of halogens is 2. The minimum atomic E-state index is -0.312. The van der Waals surface area contributed by atoms with Crippen LogP contribution in [0.2, 0.25) is 0 Å². The molecule has 0 aliphatic carbocycles. The SMILES string of the molecule is CC(=O)c1cc(C)ccc1OCc1ccc(F)c(Br)c1. The summed E-state index contributed by atoms with van der Waals surface area (Å²) in [6.07, 6.45) is 0. The van der Waals surface area contributed by atoms with Gasteiger partial charge in [0.25, 0.3) is 0 Å². The molecule has 0 N–H and O–H groups in total.